The summed E-state index contributed by atoms with van der Waals surface area (Å²) in [6, 6.07) is 5.64. The second-order valence-corrected chi connectivity index (χ2v) is 7.15. The third-order valence-electron chi connectivity index (χ3n) is 4.38. The van der Waals surface area contributed by atoms with E-state index in [0.29, 0.717) is 41.9 Å². The van der Waals surface area contributed by atoms with Crippen LogP contribution in [0, 0.1) is 0 Å². The highest BCUT2D eigenvalue weighted by Gasteiger charge is 2.16. The Kier molecular flexibility index (Phi) is 6.18. The number of rotatable bonds is 6. The summed E-state index contributed by atoms with van der Waals surface area (Å²) in [6.07, 6.45) is 0. The van der Waals surface area contributed by atoms with Crippen LogP contribution in [0.15, 0.2) is 23.0 Å². The lowest BCUT2D eigenvalue weighted by atomic mass is 10.1. The molecule has 0 spiro atoms. The van der Waals surface area contributed by atoms with Gasteiger partial charge in [0.15, 0.2) is 16.6 Å². The number of nitrogens with one attached hydrogen (secondary N) is 2. The van der Waals surface area contributed by atoms with Crippen molar-refractivity contribution in [1.29, 1.82) is 0 Å². The molecule has 0 amide bonds. The molecule has 2 heterocycles. The zero-order valence-corrected chi connectivity index (χ0v) is 16.8. The minimum atomic E-state index is -0.117. The summed E-state index contributed by atoms with van der Waals surface area (Å²) >= 11 is 5.49. The maximum atomic E-state index is 12.6. The quantitative estimate of drug-likeness (QED) is 0.726. The lowest BCUT2D eigenvalue weighted by Crippen LogP contribution is -2.43. The molecule has 27 heavy (non-hydrogen) atoms. The number of aromatic amines is 1. The second kappa shape index (κ2) is 8.58. The van der Waals surface area contributed by atoms with Gasteiger partial charge >= 0.3 is 0 Å². The number of benzene rings is 1. The van der Waals surface area contributed by atoms with Gasteiger partial charge in [-0.05, 0) is 45.4 Å². The Morgan fingerprint density at radius 3 is 2.56 bits per heavy atom. The van der Waals surface area contributed by atoms with E-state index < -0.39 is 0 Å². The number of aromatic nitrogens is 1. The van der Waals surface area contributed by atoms with E-state index in [-0.39, 0.29) is 5.56 Å². The van der Waals surface area contributed by atoms with E-state index in [1.54, 1.807) is 0 Å². The molecule has 0 bridgehead atoms. The molecule has 1 aliphatic heterocycles. The van der Waals surface area contributed by atoms with E-state index in [0.717, 1.165) is 30.5 Å². The first-order chi connectivity index (χ1) is 13.0. The van der Waals surface area contributed by atoms with Crippen molar-refractivity contribution in [2.24, 2.45) is 0 Å². The number of likely N-dealkylation sites (N-methyl/N-ethyl adjacent to an activating group) is 1. The summed E-state index contributed by atoms with van der Waals surface area (Å²) < 4.78 is 11.2. The molecule has 1 aromatic carbocycles. The third-order valence-corrected chi connectivity index (χ3v) is 4.78. The van der Waals surface area contributed by atoms with Gasteiger partial charge in [0, 0.05) is 36.7 Å². The van der Waals surface area contributed by atoms with E-state index >= 15 is 0 Å². The van der Waals surface area contributed by atoms with Gasteiger partial charge in [-0.1, -0.05) is 0 Å². The first-order valence-electron chi connectivity index (χ1n) is 9.11. The van der Waals surface area contributed by atoms with Crippen molar-refractivity contribution in [2.45, 2.75) is 13.5 Å². The molecule has 0 saturated heterocycles. The van der Waals surface area contributed by atoms with Gasteiger partial charge in [-0.2, -0.15) is 0 Å². The van der Waals surface area contributed by atoms with Gasteiger partial charge in [-0.15, -0.1) is 0 Å². The summed E-state index contributed by atoms with van der Waals surface area (Å²) in [5.74, 6) is 1.37. The third kappa shape index (κ3) is 4.70. The highest BCUT2D eigenvalue weighted by atomic mass is 32.1. The molecule has 0 aliphatic carbocycles. The lowest BCUT2D eigenvalue weighted by molar-refractivity contribution is 0.172. The monoisotopic (exact) mass is 390 g/mol. The van der Waals surface area contributed by atoms with Crippen LogP contribution in [0.4, 0.5) is 0 Å². The van der Waals surface area contributed by atoms with Crippen LogP contribution >= 0.6 is 12.2 Å². The van der Waals surface area contributed by atoms with Gasteiger partial charge in [0.05, 0.1) is 12.1 Å². The van der Waals surface area contributed by atoms with Crippen molar-refractivity contribution >= 4 is 28.2 Å². The number of pyridine rings is 1. The van der Waals surface area contributed by atoms with Gasteiger partial charge in [0.1, 0.15) is 13.2 Å². The molecule has 0 atom stereocenters. The number of fused-ring (bicyclic) bond motifs is 2. The van der Waals surface area contributed by atoms with Crippen molar-refractivity contribution in [3.8, 4) is 11.5 Å². The summed E-state index contributed by atoms with van der Waals surface area (Å²) in [4.78, 5) is 19.7. The Morgan fingerprint density at radius 2 is 1.89 bits per heavy atom. The molecular formula is C19H26N4O3S. The highest BCUT2D eigenvalue weighted by Crippen LogP contribution is 2.33. The normalized spacial score (nSPS) is 13.0. The summed E-state index contributed by atoms with van der Waals surface area (Å²) in [5, 5.41) is 4.74. The van der Waals surface area contributed by atoms with Crippen LogP contribution in [0.5, 0.6) is 11.5 Å². The summed E-state index contributed by atoms with van der Waals surface area (Å²) in [5.41, 5.74) is 1.29. The molecule has 0 unspecified atom stereocenters. The molecular weight excluding hydrogens is 364 g/mol. The molecule has 146 valence electrons. The number of thiocarbonyl (C=S) groups is 1. The van der Waals surface area contributed by atoms with Crippen molar-refractivity contribution in [3.63, 3.8) is 0 Å². The fourth-order valence-electron chi connectivity index (χ4n) is 2.95. The molecule has 1 aromatic heterocycles. The first kappa shape index (κ1) is 19.4. The topological polar surface area (TPSA) is 69.8 Å². The predicted octanol–water partition coefficient (Wildman–Crippen LogP) is 1.56. The van der Waals surface area contributed by atoms with Gasteiger partial charge in [0.25, 0.3) is 5.56 Å². The minimum absolute atomic E-state index is 0.117. The molecule has 0 saturated carbocycles. The Hall–Kier alpha value is -2.32. The van der Waals surface area contributed by atoms with E-state index in [1.165, 1.54) is 0 Å². The SMILES string of the molecule is CCNC(=S)N(CCN(C)C)Cc1cc2cc3c(cc2[nH]c1=O)OCCO3. The van der Waals surface area contributed by atoms with Crippen molar-refractivity contribution in [3.05, 3.63) is 34.1 Å². The zero-order chi connectivity index (χ0) is 19.4. The Bertz CT molecular complexity index is 881. The van der Waals surface area contributed by atoms with Crippen LogP contribution in [0.3, 0.4) is 0 Å². The fraction of sp³-hybridized carbons (Fsp3) is 0.474. The summed E-state index contributed by atoms with van der Waals surface area (Å²) in [6.45, 7) is 5.82. The van der Waals surface area contributed by atoms with Gasteiger partial charge in [-0.25, -0.2) is 0 Å². The smallest absolute Gasteiger partial charge is 0.253 e. The molecule has 0 radical (unpaired) electrons. The maximum Gasteiger partial charge on any atom is 0.253 e. The van der Waals surface area contributed by atoms with E-state index in [9.17, 15) is 4.79 Å². The Morgan fingerprint density at radius 1 is 1.19 bits per heavy atom. The first-order valence-corrected chi connectivity index (χ1v) is 9.52. The van der Waals surface area contributed by atoms with Crippen molar-refractivity contribution in [1.82, 2.24) is 20.1 Å². The second-order valence-electron chi connectivity index (χ2n) is 6.77. The van der Waals surface area contributed by atoms with Crippen LogP contribution in [0.2, 0.25) is 0 Å². The van der Waals surface area contributed by atoms with Crippen LogP contribution in [0.25, 0.3) is 10.9 Å². The van der Waals surface area contributed by atoms with Crippen molar-refractivity contribution < 1.29 is 9.47 Å². The van der Waals surface area contributed by atoms with Crippen LogP contribution < -0.4 is 20.3 Å². The molecule has 3 rings (SSSR count). The number of H-pyrrole nitrogens is 1. The largest absolute Gasteiger partial charge is 0.486 e. The molecule has 8 heteroatoms. The molecule has 7 nitrogen and oxygen atoms in total. The molecule has 2 N–H and O–H groups in total. The van der Waals surface area contributed by atoms with Gasteiger partial charge in [0.2, 0.25) is 0 Å². The average molecular weight is 391 g/mol. The number of hydrogen-bond donors (Lipinski definition) is 2. The number of nitrogens with zero attached hydrogens (tertiary/aromatic N) is 2. The minimum Gasteiger partial charge on any atom is -0.486 e. The van der Waals surface area contributed by atoms with Crippen LogP contribution in [0.1, 0.15) is 12.5 Å². The highest BCUT2D eigenvalue weighted by molar-refractivity contribution is 7.80. The van der Waals surface area contributed by atoms with Crippen LogP contribution in [-0.4, -0.2) is 66.8 Å². The van der Waals surface area contributed by atoms with E-state index in [1.807, 2.05) is 44.1 Å². The number of ether oxygens (including phenoxy) is 2. The van der Waals surface area contributed by atoms with E-state index in [2.05, 4.69) is 15.2 Å². The summed E-state index contributed by atoms with van der Waals surface area (Å²) in [7, 11) is 4.03. The van der Waals surface area contributed by atoms with E-state index in [4.69, 9.17) is 21.7 Å². The van der Waals surface area contributed by atoms with Crippen LogP contribution in [-0.2, 0) is 6.54 Å². The molecule has 0 fully saturated rings. The Labute approximate surface area is 164 Å². The Balaban J connectivity index is 1.90. The van der Waals surface area contributed by atoms with Crippen molar-refractivity contribution in [2.75, 3.05) is 46.9 Å². The standard InChI is InChI=1S/C19H26N4O3S/c1-4-20-19(27)23(6-5-22(2)3)12-14-9-13-10-16-17(26-8-7-25-16)11-15(13)21-18(14)24/h9-11H,4-8,12H2,1-3H3,(H,20,27)(H,21,24). The fourth-order valence-corrected chi connectivity index (χ4v) is 3.25. The average Bonchev–Trinajstić information content (AvgIpc) is 2.63. The molecule has 1 aliphatic rings. The van der Waals surface area contributed by atoms with Gasteiger partial charge in [-0.3, -0.25) is 4.79 Å². The number of hydrogen-bond acceptors (Lipinski definition) is 5. The van der Waals surface area contributed by atoms with Gasteiger partial charge < -0.3 is 29.6 Å². The molecule has 2 aromatic rings. The maximum absolute atomic E-state index is 12.6. The lowest BCUT2D eigenvalue weighted by Gasteiger charge is -2.27. The predicted molar refractivity (Wildman–Crippen MR) is 111 cm³/mol. The zero-order valence-electron chi connectivity index (χ0n) is 16.0.